The summed E-state index contributed by atoms with van der Waals surface area (Å²) in [6.45, 7) is 7.32. The average Bonchev–Trinajstić information content (AvgIpc) is 2.20. The van der Waals surface area contributed by atoms with Crippen LogP contribution in [0.4, 0.5) is 0 Å². The van der Waals surface area contributed by atoms with Gasteiger partial charge in [-0.25, -0.2) is 0 Å². The van der Waals surface area contributed by atoms with Crippen LogP contribution in [0.5, 0.6) is 0 Å². The van der Waals surface area contributed by atoms with Gasteiger partial charge in [-0.2, -0.15) is 11.8 Å². The number of likely N-dealkylation sites (tertiary alicyclic amines) is 1. The largest absolute Gasteiger partial charge is 0.301 e. The van der Waals surface area contributed by atoms with Crippen LogP contribution >= 0.6 is 11.8 Å². The van der Waals surface area contributed by atoms with Gasteiger partial charge in [0.25, 0.3) is 0 Å². The molecule has 0 saturated carbocycles. The van der Waals surface area contributed by atoms with E-state index in [4.69, 9.17) is 0 Å². The van der Waals surface area contributed by atoms with E-state index in [0.29, 0.717) is 0 Å². The van der Waals surface area contributed by atoms with Crippen LogP contribution in [0, 0.1) is 0 Å². The van der Waals surface area contributed by atoms with E-state index in [9.17, 15) is 0 Å². The first-order valence-electron chi connectivity index (χ1n) is 6.16. The van der Waals surface area contributed by atoms with Crippen molar-refractivity contribution in [3.63, 3.8) is 0 Å². The Morgan fingerprint density at radius 3 is 2.86 bits per heavy atom. The van der Waals surface area contributed by atoms with Gasteiger partial charge in [-0.3, -0.25) is 0 Å². The van der Waals surface area contributed by atoms with Crippen molar-refractivity contribution in [2.24, 2.45) is 0 Å². The standard InChI is InChI=1S/C12H25NS/c1-3-14-11-7-6-10-13-9-5-4-8-12(13)2/h12H,3-11H2,1-2H3. The fourth-order valence-electron chi connectivity index (χ4n) is 2.15. The third-order valence-electron chi connectivity index (χ3n) is 3.13. The Morgan fingerprint density at radius 1 is 1.29 bits per heavy atom. The molecule has 2 heteroatoms. The van der Waals surface area contributed by atoms with Crippen molar-refractivity contribution in [3.8, 4) is 0 Å². The number of unbranched alkanes of at least 4 members (excludes halogenated alkanes) is 1. The molecule has 1 unspecified atom stereocenters. The van der Waals surface area contributed by atoms with Gasteiger partial charge in [0.05, 0.1) is 0 Å². The van der Waals surface area contributed by atoms with E-state index in [0.717, 1.165) is 6.04 Å². The summed E-state index contributed by atoms with van der Waals surface area (Å²) in [6, 6.07) is 0.850. The normalized spacial score (nSPS) is 24.0. The fourth-order valence-corrected chi connectivity index (χ4v) is 2.85. The molecule has 1 rings (SSSR count). The Kier molecular flexibility index (Phi) is 6.70. The summed E-state index contributed by atoms with van der Waals surface area (Å²) in [4.78, 5) is 2.68. The smallest absolute Gasteiger partial charge is 0.00669 e. The molecule has 1 aliphatic heterocycles. The van der Waals surface area contributed by atoms with Crippen LogP contribution in [-0.4, -0.2) is 35.5 Å². The van der Waals surface area contributed by atoms with Gasteiger partial charge in [0.2, 0.25) is 0 Å². The first-order valence-corrected chi connectivity index (χ1v) is 7.32. The van der Waals surface area contributed by atoms with Gasteiger partial charge < -0.3 is 4.90 Å². The molecular formula is C12H25NS. The molecule has 84 valence electrons. The number of hydrogen-bond donors (Lipinski definition) is 0. The molecule has 14 heavy (non-hydrogen) atoms. The maximum atomic E-state index is 2.68. The van der Waals surface area contributed by atoms with Crippen molar-refractivity contribution in [1.82, 2.24) is 4.90 Å². The van der Waals surface area contributed by atoms with E-state index in [1.165, 1.54) is 56.7 Å². The lowest BCUT2D eigenvalue weighted by Crippen LogP contribution is -2.38. The van der Waals surface area contributed by atoms with Crippen LogP contribution in [0.25, 0.3) is 0 Å². The molecule has 0 aromatic carbocycles. The number of thioether (sulfide) groups is 1. The van der Waals surface area contributed by atoms with Gasteiger partial charge in [0.15, 0.2) is 0 Å². The van der Waals surface area contributed by atoms with Crippen LogP contribution < -0.4 is 0 Å². The highest BCUT2D eigenvalue weighted by molar-refractivity contribution is 7.99. The molecule has 1 fully saturated rings. The summed E-state index contributed by atoms with van der Waals surface area (Å²) in [5, 5.41) is 0. The van der Waals surface area contributed by atoms with Crippen molar-refractivity contribution in [2.75, 3.05) is 24.6 Å². The first kappa shape index (κ1) is 12.4. The summed E-state index contributed by atoms with van der Waals surface area (Å²) >= 11 is 2.08. The van der Waals surface area contributed by atoms with Crippen LogP contribution in [0.3, 0.4) is 0 Å². The van der Waals surface area contributed by atoms with Crippen molar-refractivity contribution < 1.29 is 0 Å². The zero-order valence-corrected chi connectivity index (χ0v) is 10.6. The predicted molar refractivity (Wildman–Crippen MR) is 67.1 cm³/mol. The topological polar surface area (TPSA) is 3.24 Å². The molecule has 0 aromatic rings. The van der Waals surface area contributed by atoms with Crippen molar-refractivity contribution >= 4 is 11.8 Å². The lowest BCUT2D eigenvalue weighted by atomic mass is 10.0. The molecule has 1 nitrogen and oxygen atoms in total. The van der Waals surface area contributed by atoms with Gasteiger partial charge in [-0.15, -0.1) is 0 Å². The maximum Gasteiger partial charge on any atom is 0.00669 e. The molecule has 1 aliphatic rings. The lowest BCUT2D eigenvalue weighted by molar-refractivity contribution is 0.159. The van der Waals surface area contributed by atoms with E-state index in [-0.39, 0.29) is 0 Å². The summed E-state index contributed by atoms with van der Waals surface area (Å²) in [7, 11) is 0. The Hall–Kier alpha value is 0.310. The highest BCUT2D eigenvalue weighted by atomic mass is 32.2. The SMILES string of the molecule is CCSCCCCN1CCCCC1C. The molecule has 0 spiro atoms. The van der Waals surface area contributed by atoms with Crippen LogP contribution in [0.15, 0.2) is 0 Å². The highest BCUT2D eigenvalue weighted by Crippen LogP contribution is 2.17. The minimum atomic E-state index is 0.850. The maximum absolute atomic E-state index is 2.68. The molecule has 0 bridgehead atoms. The fraction of sp³-hybridized carbons (Fsp3) is 1.00. The molecule has 0 N–H and O–H groups in total. The molecule has 0 radical (unpaired) electrons. The lowest BCUT2D eigenvalue weighted by Gasteiger charge is -2.33. The van der Waals surface area contributed by atoms with Gasteiger partial charge in [-0.05, 0) is 57.2 Å². The second-order valence-electron chi connectivity index (χ2n) is 4.28. The van der Waals surface area contributed by atoms with E-state index < -0.39 is 0 Å². The molecule has 1 atom stereocenters. The van der Waals surface area contributed by atoms with E-state index >= 15 is 0 Å². The van der Waals surface area contributed by atoms with E-state index in [2.05, 4.69) is 30.5 Å². The Morgan fingerprint density at radius 2 is 2.14 bits per heavy atom. The zero-order chi connectivity index (χ0) is 10.2. The van der Waals surface area contributed by atoms with Gasteiger partial charge in [0.1, 0.15) is 0 Å². The highest BCUT2D eigenvalue weighted by Gasteiger charge is 2.16. The third kappa shape index (κ3) is 4.70. The molecule has 1 heterocycles. The van der Waals surface area contributed by atoms with Gasteiger partial charge in [-0.1, -0.05) is 13.3 Å². The summed E-state index contributed by atoms with van der Waals surface area (Å²) < 4.78 is 0. The zero-order valence-electron chi connectivity index (χ0n) is 9.80. The first-order chi connectivity index (χ1) is 6.84. The van der Waals surface area contributed by atoms with Gasteiger partial charge >= 0.3 is 0 Å². The summed E-state index contributed by atoms with van der Waals surface area (Å²) in [5.74, 6) is 2.64. The van der Waals surface area contributed by atoms with Crippen molar-refractivity contribution in [2.45, 2.75) is 52.0 Å². The molecule has 0 aliphatic carbocycles. The minimum absolute atomic E-state index is 0.850. The van der Waals surface area contributed by atoms with Crippen LogP contribution in [0.2, 0.25) is 0 Å². The Bertz CT molecular complexity index is 138. The van der Waals surface area contributed by atoms with Crippen molar-refractivity contribution in [1.29, 1.82) is 0 Å². The second kappa shape index (κ2) is 7.58. The Labute approximate surface area is 93.6 Å². The molecular weight excluding hydrogens is 190 g/mol. The molecule has 1 saturated heterocycles. The predicted octanol–water partition coefficient (Wildman–Crippen LogP) is 3.39. The minimum Gasteiger partial charge on any atom is -0.301 e. The monoisotopic (exact) mass is 215 g/mol. The number of piperidine rings is 1. The number of rotatable bonds is 6. The third-order valence-corrected chi connectivity index (χ3v) is 4.11. The van der Waals surface area contributed by atoms with Crippen molar-refractivity contribution in [3.05, 3.63) is 0 Å². The molecule has 0 aromatic heterocycles. The summed E-state index contributed by atoms with van der Waals surface area (Å²) in [5.41, 5.74) is 0. The number of nitrogens with zero attached hydrogens (tertiary/aromatic N) is 1. The second-order valence-corrected chi connectivity index (χ2v) is 5.68. The molecule has 0 amide bonds. The summed E-state index contributed by atoms with van der Waals surface area (Å²) in [6.07, 6.45) is 7.10. The Balaban J connectivity index is 1.99. The van der Waals surface area contributed by atoms with Crippen LogP contribution in [-0.2, 0) is 0 Å². The van der Waals surface area contributed by atoms with Crippen LogP contribution in [0.1, 0.15) is 46.0 Å². The van der Waals surface area contributed by atoms with E-state index in [1.807, 2.05) is 0 Å². The average molecular weight is 215 g/mol. The van der Waals surface area contributed by atoms with E-state index in [1.54, 1.807) is 0 Å². The quantitative estimate of drug-likeness (QED) is 0.625. The van der Waals surface area contributed by atoms with Gasteiger partial charge in [0, 0.05) is 6.04 Å². The number of hydrogen-bond acceptors (Lipinski definition) is 2.